The summed E-state index contributed by atoms with van der Waals surface area (Å²) in [5, 5.41) is 0. The molecule has 0 unspecified atom stereocenters. The third-order valence-electron chi connectivity index (χ3n) is 3.60. The van der Waals surface area contributed by atoms with E-state index in [-0.39, 0.29) is 12.0 Å². The molecule has 21 heavy (non-hydrogen) atoms. The highest BCUT2D eigenvalue weighted by Crippen LogP contribution is 2.20. The molecule has 1 aromatic rings. The molecule has 1 heterocycles. The summed E-state index contributed by atoms with van der Waals surface area (Å²) in [4.78, 5) is 14.1. The van der Waals surface area contributed by atoms with Gasteiger partial charge in [-0.2, -0.15) is 0 Å². The molecule has 1 aromatic carbocycles. The van der Waals surface area contributed by atoms with Crippen molar-refractivity contribution in [3.05, 3.63) is 34.1 Å². The van der Waals surface area contributed by atoms with Crippen LogP contribution in [0, 0.1) is 5.82 Å². The first-order chi connectivity index (χ1) is 10.1. The van der Waals surface area contributed by atoms with Crippen molar-refractivity contribution in [1.82, 2.24) is 4.90 Å². The minimum atomic E-state index is -0.416. The lowest BCUT2D eigenvalue weighted by molar-refractivity contribution is 0.00843. The Morgan fingerprint density at radius 1 is 1.43 bits per heavy atom. The topological polar surface area (TPSA) is 55.6 Å². The second-order valence-electron chi connectivity index (χ2n) is 5.13. The standard InChI is InChI=1S/C15H20BrFN2O2/c16-13-3-2-11(10-14(13)17)15(20)19-7-4-12(5-8-19)21-9-1-6-18/h2-3,10,12H,1,4-9,18H2. The number of piperidine rings is 1. The van der Waals surface area contributed by atoms with E-state index in [1.807, 2.05) is 0 Å². The summed E-state index contributed by atoms with van der Waals surface area (Å²) >= 11 is 3.09. The average Bonchev–Trinajstić information content (AvgIpc) is 2.50. The van der Waals surface area contributed by atoms with Gasteiger partial charge in [-0.3, -0.25) is 4.79 Å². The number of hydrogen-bond donors (Lipinski definition) is 1. The van der Waals surface area contributed by atoms with Gasteiger partial charge in [-0.15, -0.1) is 0 Å². The molecule has 2 N–H and O–H groups in total. The van der Waals surface area contributed by atoms with E-state index in [1.54, 1.807) is 17.0 Å². The van der Waals surface area contributed by atoms with Crippen molar-refractivity contribution < 1.29 is 13.9 Å². The third-order valence-corrected chi connectivity index (χ3v) is 4.24. The first-order valence-electron chi connectivity index (χ1n) is 7.18. The molecule has 1 aliphatic heterocycles. The zero-order valence-electron chi connectivity index (χ0n) is 11.9. The Balaban J connectivity index is 1.86. The number of nitrogens with zero attached hydrogens (tertiary/aromatic N) is 1. The van der Waals surface area contributed by atoms with Crippen LogP contribution in [0.3, 0.4) is 0 Å². The van der Waals surface area contributed by atoms with Crippen LogP contribution < -0.4 is 5.73 Å². The number of hydrogen-bond acceptors (Lipinski definition) is 3. The summed E-state index contributed by atoms with van der Waals surface area (Å²) in [6.45, 7) is 2.59. The summed E-state index contributed by atoms with van der Waals surface area (Å²) < 4.78 is 19.6. The number of nitrogens with two attached hydrogens (primary N) is 1. The van der Waals surface area contributed by atoms with Crippen LogP contribution in [0.1, 0.15) is 29.6 Å². The fraction of sp³-hybridized carbons (Fsp3) is 0.533. The number of benzene rings is 1. The van der Waals surface area contributed by atoms with Crippen LogP contribution in [0.2, 0.25) is 0 Å². The first kappa shape index (κ1) is 16.4. The molecule has 0 aliphatic carbocycles. The smallest absolute Gasteiger partial charge is 0.253 e. The van der Waals surface area contributed by atoms with E-state index in [0.717, 1.165) is 19.3 Å². The number of likely N-dealkylation sites (tertiary alicyclic amines) is 1. The van der Waals surface area contributed by atoms with Crippen molar-refractivity contribution in [2.75, 3.05) is 26.2 Å². The zero-order valence-corrected chi connectivity index (χ0v) is 13.4. The molecule has 1 amide bonds. The molecule has 4 nitrogen and oxygen atoms in total. The minimum Gasteiger partial charge on any atom is -0.378 e. The van der Waals surface area contributed by atoms with Gasteiger partial charge in [-0.1, -0.05) is 0 Å². The van der Waals surface area contributed by atoms with Gasteiger partial charge in [0.05, 0.1) is 10.6 Å². The van der Waals surface area contributed by atoms with Crippen LogP contribution in [0.5, 0.6) is 0 Å². The molecule has 2 rings (SSSR count). The van der Waals surface area contributed by atoms with Gasteiger partial charge in [0.25, 0.3) is 5.91 Å². The summed E-state index contributed by atoms with van der Waals surface area (Å²) in [6.07, 6.45) is 2.68. The van der Waals surface area contributed by atoms with Gasteiger partial charge < -0.3 is 15.4 Å². The Hall–Kier alpha value is -0.980. The second-order valence-corrected chi connectivity index (χ2v) is 5.99. The number of carbonyl (C=O) groups is 1. The van der Waals surface area contributed by atoms with Gasteiger partial charge >= 0.3 is 0 Å². The maximum atomic E-state index is 13.5. The van der Waals surface area contributed by atoms with E-state index in [2.05, 4.69) is 15.9 Å². The van der Waals surface area contributed by atoms with Crippen LogP contribution >= 0.6 is 15.9 Å². The van der Waals surface area contributed by atoms with Gasteiger partial charge in [0.2, 0.25) is 0 Å². The minimum absolute atomic E-state index is 0.123. The van der Waals surface area contributed by atoms with Crippen molar-refractivity contribution >= 4 is 21.8 Å². The van der Waals surface area contributed by atoms with E-state index in [0.29, 0.717) is 36.3 Å². The number of halogens is 2. The average molecular weight is 359 g/mol. The number of amides is 1. The monoisotopic (exact) mass is 358 g/mol. The van der Waals surface area contributed by atoms with Crippen molar-refractivity contribution in [1.29, 1.82) is 0 Å². The summed E-state index contributed by atoms with van der Waals surface area (Å²) in [6, 6.07) is 4.47. The zero-order chi connectivity index (χ0) is 15.2. The highest BCUT2D eigenvalue weighted by molar-refractivity contribution is 9.10. The van der Waals surface area contributed by atoms with Crippen molar-refractivity contribution in [3.8, 4) is 0 Å². The van der Waals surface area contributed by atoms with E-state index >= 15 is 0 Å². The van der Waals surface area contributed by atoms with Crippen LogP contribution in [0.15, 0.2) is 22.7 Å². The largest absolute Gasteiger partial charge is 0.378 e. The van der Waals surface area contributed by atoms with Crippen LogP contribution in [-0.2, 0) is 4.74 Å². The second kappa shape index (κ2) is 7.87. The van der Waals surface area contributed by atoms with Crippen molar-refractivity contribution in [2.24, 2.45) is 5.73 Å². The Kier molecular flexibility index (Phi) is 6.14. The Morgan fingerprint density at radius 3 is 2.76 bits per heavy atom. The molecule has 1 aliphatic rings. The summed E-state index contributed by atoms with van der Waals surface area (Å²) in [7, 11) is 0. The van der Waals surface area contributed by atoms with E-state index < -0.39 is 5.82 Å². The van der Waals surface area contributed by atoms with E-state index in [4.69, 9.17) is 10.5 Å². The normalized spacial score (nSPS) is 16.2. The lowest BCUT2D eigenvalue weighted by atomic mass is 10.1. The third kappa shape index (κ3) is 4.49. The molecule has 6 heteroatoms. The van der Waals surface area contributed by atoms with Gasteiger partial charge in [-0.05, 0) is 59.9 Å². The fourth-order valence-electron chi connectivity index (χ4n) is 2.37. The quantitative estimate of drug-likeness (QED) is 0.823. The number of ether oxygens (including phenoxy) is 1. The molecule has 1 saturated heterocycles. The van der Waals surface area contributed by atoms with Gasteiger partial charge in [0.15, 0.2) is 0 Å². The molecular formula is C15H20BrFN2O2. The molecule has 0 saturated carbocycles. The fourth-order valence-corrected chi connectivity index (χ4v) is 2.62. The predicted octanol–water partition coefficient (Wildman–Crippen LogP) is 2.56. The molecular weight excluding hydrogens is 339 g/mol. The van der Waals surface area contributed by atoms with Crippen molar-refractivity contribution in [3.63, 3.8) is 0 Å². The molecule has 0 spiro atoms. The lowest BCUT2D eigenvalue weighted by Crippen LogP contribution is -2.41. The van der Waals surface area contributed by atoms with Crippen LogP contribution in [0.4, 0.5) is 4.39 Å². The molecule has 0 atom stereocenters. The maximum Gasteiger partial charge on any atom is 0.253 e. The van der Waals surface area contributed by atoms with Gasteiger partial charge in [0.1, 0.15) is 5.82 Å². The number of rotatable bonds is 5. The highest BCUT2D eigenvalue weighted by Gasteiger charge is 2.24. The number of carbonyl (C=O) groups excluding carboxylic acids is 1. The Morgan fingerprint density at radius 2 is 2.14 bits per heavy atom. The lowest BCUT2D eigenvalue weighted by Gasteiger charge is -2.32. The molecule has 0 aromatic heterocycles. The van der Waals surface area contributed by atoms with Crippen LogP contribution in [-0.4, -0.2) is 43.2 Å². The van der Waals surface area contributed by atoms with Gasteiger partial charge in [0, 0.05) is 25.3 Å². The van der Waals surface area contributed by atoms with Crippen LogP contribution in [0.25, 0.3) is 0 Å². The maximum absolute atomic E-state index is 13.5. The molecule has 0 bridgehead atoms. The molecule has 116 valence electrons. The SMILES string of the molecule is NCCCOC1CCN(C(=O)c2ccc(Br)c(F)c2)CC1. The summed E-state index contributed by atoms with van der Waals surface area (Å²) in [5.41, 5.74) is 5.81. The van der Waals surface area contributed by atoms with Gasteiger partial charge in [-0.25, -0.2) is 4.39 Å². The highest BCUT2D eigenvalue weighted by atomic mass is 79.9. The van der Waals surface area contributed by atoms with E-state index in [1.165, 1.54) is 6.07 Å². The first-order valence-corrected chi connectivity index (χ1v) is 7.97. The van der Waals surface area contributed by atoms with E-state index in [9.17, 15) is 9.18 Å². The Labute approximate surface area is 132 Å². The predicted molar refractivity (Wildman–Crippen MR) is 82.6 cm³/mol. The Bertz CT molecular complexity index is 491. The summed E-state index contributed by atoms with van der Waals surface area (Å²) in [5.74, 6) is -0.539. The molecule has 0 radical (unpaired) electrons. The molecule has 1 fully saturated rings. The van der Waals surface area contributed by atoms with Crippen molar-refractivity contribution in [2.45, 2.75) is 25.4 Å².